The molecule has 0 saturated carbocycles. The van der Waals surface area contributed by atoms with Crippen molar-refractivity contribution < 1.29 is 9.47 Å². The first-order chi connectivity index (χ1) is 11.2. The lowest BCUT2D eigenvalue weighted by Crippen LogP contribution is -2.05. The maximum atomic E-state index is 5.87. The minimum Gasteiger partial charge on any atom is -0.494 e. The summed E-state index contributed by atoms with van der Waals surface area (Å²) in [5, 5.41) is 12.4. The molecule has 1 aromatic heterocycles. The van der Waals surface area contributed by atoms with Crippen LogP contribution in [-0.4, -0.2) is 29.5 Å². The average Bonchev–Trinajstić information content (AvgIpc) is 3.11. The molecule has 1 N–H and O–H groups in total. The molecule has 3 rings (SSSR count). The maximum absolute atomic E-state index is 5.87. The molecule has 0 bridgehead atoms. The van der Waals surface area contributed by atoms with Crippen molar-refractivity contribution in [1.82, 2.24) is 10.2 Å². The fourth-order valence-corrected chi connectivity index (χ4v) is 4.31. The quantitative estimate of drug-likeness (QED) is 0.761. The van der Waals surface area contributed by atoms with Gasteiger partial charge in [-0.05, 0) is 32.9 Å². The number of aromatic nitrogens is 2. The molecule has 23 heavy (non-hydrogen) atoms. The Balaban J connectivity index is 1.74. The maximum Gasteiger partial charge on any atom is 0.206 e. The van der Waals surface area contributed by atoms with Crippen molar-refractivity contribution in [2.75, 3.05) is 18.5 Å². The number of ether oxygens (including phenoxy) is 2. The minimum absolute atomic E-state index is 0.244. The first-order valence-corrected chi connectivity index (χ1v) is 9.65. The molecule has 1 aliphatic heterocycles. The van der Waals surface area contributed by atoms with E-state index in [0.29, 0.717) is 6.61 Å². The van der Waals surface area contributed by atoms with Gasteiger partial charge >= 0.3 is 0 Å². The van der Waals surface area contributed by atoms with Crippen LogP contribution in [0, 0.1) is 0 Å². The molecule has 1 atom stereocenters. The fraction of sp³-hybridized carbons (Fsp3) is 0.500. The molecule has 1 aliphatic rings. The summed E-state index contributed by atoms with van der Waals surface area (Å²) in [6.45, 7) is 7.67. The van der Waals surface area contributed by atoms with Crippen LogP contribution in [0.25, 0.3) is 0 Å². The molecule has 7 heteroatoms. The number of nitrogens with one attached hydrogen (secondary N) is 1. The highest BCUT2D eigenvalue weighted by Gasteiger charge is 2.22. The van der Waals surface area contributed by atoms with Crippen LogP contribution in [0.3, 0.4) is 0 Å². The molecule has 1 aromatic carbocycles. The number of anilines is 1. The van der Waals surface area contributed by atoms with Gasteiger partial charge < -0.3 is 14.8 Å². The third-order valence-corrected chi connectivity index (χ3v) is 5.53. The standard InChI is InChI=1S/C16H21N3O2S2/c1-4-17-15-18-19-16(23-15)22-9-12-8-14-11(6-10(3)21-14)7-13(12)20-5-2/h7-8,10H,4-6,9H2,1-3H3,(H,17,18). The molecule has 0 radical (unpaired) electrons. The highest BCUT2D eigenvalue weighted by molar-refractivity contribution is 8.00. The lowest BCUT2D eigenvalue weighted by molar-refractivity contribution is 0.254. The molecular weight excluding hydrogens is 330 g/mol. The van der Waals surface area contributed by atoms with Crippen LogP contribution in [-0.2, 0) is 12.2 Å². The molecule has 2 aromatic rings. The van der Waals surface area contributed by atoms with Gasteiger partial charge in [-0.25, -0.2) is 0 Å². The molecule has 0 aliphatic carbocycles. The van der Waals surface area contributed by atoms with Crippen LogP contribution in [0.15, 0.2) is 16.5 Å². The largest absolute Gasteiger partial charge is 0.494 e. The number of benzene rings is 1. The molecule has 2 heterocycles. The van der Waals surface area contributed by atoms with E-state index >= 15 is 0 Å². The zero-order valence-corrected chi connectivity index (χ0v) is 15.2. The number of rotatable bonds is 7. The average molecular weight is 351 g/mol. The van der Waals surface area contributed by atoms with E-state index in [2.05, 4.69) is 34.6 Å². The predicted octanol–water partition coefficient (Wildman–Crippen LogP) is 3.98. The highest BCUT2D eigenvalue weighted by Crippen LogP contribution is 2.38. The van der Waals surface area contributed by atoms with Gasteiger partial charge in [0.1, 0.15) is 17.6 Å². The lowest BCUT2D eigenvalue weighted by atomic mass is 10.1. The van der Waals surface area contributed by atoms with Gasteiger partial charge in [-0.1, -0.05) is 23.1 Å². The van der Waals surface area contributed by atoms with Crippen molar-refractivity contribution in [2.45, 2.75) is 43.4 Å². The summed E-state index contributed by atoms with van der Waals surface area (Å²) < 4.78 is 12.6. The van der Waals surface area contributed by atoms with Crippen molar-refractivity contribution in [1.29, 1.82) is 0 Å². The van der Waals surface area contributed by atoms with Crippen molar-refractivity contribution >= 4 is 28.2 Å². The Kier molecular flexibility index (Phi) is 5.27. The minimum atomic E-state index is 0.244. The number of hydrogen-bond donors (Lipinski definition) is 1. The number of thioether (sulfide) groups is 1. The van der Waals surface area contributed by atoms with E-state index in [1.165, 1.54) is 5.56 Å². The Hall–Kier alpha value is -1.47. The van der Waals surface area contributed by atoms with Crippen molar-refractivity contribution in [3.63, 3.8) is 0 Å². The second-order valence-electron chi connectivity index (χ2n) is 5.33. The summed E-state index contributed by atoms with van der Waals surface area (Å²) in [5.41, 5.74) is 2.38. The van der Waals surface area contributed by atoms with Gasteiger partial charge in [0.2, 0.25) is 5.13 Å². The normalized spacial score (nSPS) is 16.0. The highest BCUT2D eigenvalue weighted by atomic mass is 32.2. The Bertz CT molecular complexity index is 675. The smallest absolute Gasteiger partial charge is 0.206 e. The second kappa shape index (κ2) is 7.40. The summed E-state index contributed by atoms with van der Waals surface area (Å²) >= 11 is 3.26. The molecule has 1 unspecified atom stereocenters. The van der Waals surface area contributed by atoms with Crippen LogP contribution in [0.2, 0.25) is 0 Å². The Morgan fingerprint density at radius 1 is 1.39 bits per heavy atom. The predicted molar refractivity (Wildman–Crippen MR) is 95.0 cm³/mol. The Morgan fingerprint density at radius 2 is 2.26 bits per heavy atom. The van der Waals surface area contributed by atoms with Crippen LogP contribution >= 0.6 is 23.1 Å². The summed E-state index contributed by atoms with van der Waals surface area (Å²) in [7, 11) is 0. The van der Waals surface area contributed by atoms with Gasteiger partial charge in [0.25, 0.3) is 0 Å². The zero-order chi connectivity index (χ0) is 16.2. The number of hydrogen-bond acceptors (Lipinski definition) is 7. The third-order valence-electron chi connectivity index (χ3n) is 3.46. The second-order valence-corrected chi connectivity index (χ2v) is 7.53. The van der Waals surface area contributed by atoms with E-state index < -0.39 is 0 Å². The van der Waals surface area contributed by atoms with E-state index in [-0.39, 0.29) is 6.10 Å². The van der Waals surface area contributed by atoms with Gasteiger partial charge in [0, 0.05) is 29.8 Å². The molecule has 0 amide bonds. The summed E-state index contributed by atoms with van der Waals surface area (Å²) in [6.07, 6.45) is 1.19. The van der Waals surface area contributed by atoms with E-state index in [0.717, 1.165) is 45.3 Å². The van der Waals surface area contributed by atoms with Gasteiger partial charge in [0.05, 0.1) is 6.61 Å². The van der Waals surface area contributed by atoms with Gasteiger partial charge in [-0.3, -0.25) is 0 Å². The van der Waals surface area contributed by atoms with E-state index in [9.17, 15) is 0 Å². The SMILES string of the molecule is CCNc1nnc(SCc2cc3c(cc2OCC)CC(C)O3)s1. The van der Waals surface area contributed by atoms with E-state index in [4.69, 9.17) is 9.47 Å². The molecular formula is C16H21N3O2S2. The molecule has 0 saturated heterocycles. The van der Waals surface area contributed by atoms with Crippen molar-refractivity contribution in [3.8, 4) is 11.5 Å². The summed E-state index contributed by atoms with van der Waals surface area (Å²) in [5.74, 6) is 2.73. The number of fused-ring (bicyclic) bond motifs is 1. The first kappa shape index (κ1) is 16.4. The lowest BCUT2D eigenvalue weighted by Gasteiger charge is -2.11. The van der Waals surface area contributed by atoms with Gasteiger partial charge in [-0.2, -0.15) is 0 Å². The van der Waals surface area contributed by atoms with Gasteiger partial charge in [-0.15, -0.1) is 10.2 Å². The fourth-order valence-electron chi connectivity index (χ4n) is 2.51. The topological polar surface area (TPSA) is 56.3 Å². The van der Waals surface area contributed by atoms with Crippen LogP contribution in [0.1, 0.15) is 31.9 Å². The van der Waals surface area contributed by atoms with E-state index in [1.807, 2.05) is 13.8 Å². The molecule has 0 fully saturated rings. The Morgan fingerprint density at radius 3 is 3.04 bits per heavy atom. The Labute approximate surface area is 144 Å². The molecule has 124 valence electrons. The summed E-state index contributed by atoms with van der Waals surface area (Å²) in [4.78, 5) is 0. The molecule has 0 spiro atoms. The molecule has 5 nitrogen and oxygen atoms in total. The first-order valence-electron chi connectivity index (χ1n) is 7.85. The van der Waals surface area contributed by atoms with Crippen LogP contribution < -0.4 is 14.8 Å². The summed E-state index contributed by atoms with van der Waals surface area (Å²) in [6, 6.07) is 4.24. The monoisotopic (exact) mass is 351 g/mol. The van der Waals surface area contributed by atoms with Crippen molar-refractivity contribution in [2.24, 2.45) is 0 Å². The van der Waals surface area contributed by atoms with Crippen LogP contribution in [0.5, 0.6) is 11.5 Å². The third kappa shape index (κ3) is 3.90. The van der Waals surface area contributed by atoms with E-state index in [1.54, 1.807) is 23.1 Å². The van der Waals surface area contributed by atoms with Crippen molar-refractivity contribution in [3.05, 3.63) is 23.3 Å². The zero-order valence-electron chi connectivity index (χ0n) is 13.6. The van der Waals surface area contributed by atoms with Gasteiger partial charge in [0.15, 0.2) is 4.34 Å². The number of nitrogens with zero attached hydrogens (tertiary/aromatic N) is 2. The van der Waals surface area contributed by atoms with Crippen LogP contribution in [0.4, 0.5) is 5.13 Å².